The maximum absolute atomic E-state index is 11.8. The minimum absolute atomic E-state index is 0.0645. The third-order valence-electron chi connectivity index (χ3n) is 2.79. The zero-order valence-corrected chi connectivity index (χ0v) is 11.3. The predicted octanol–water partition coefficient (Wildman–Crippen LogP) is 0.756. The number of rotatable bonds is 7. The molecule has 1 aromatic carbocycles. The summed E-state index contributed by atoms with van der Waals surface area (Å²) in [6, 6.07) is 7.81. The van der Waals surface area contributed by atoms with Gasteiger partial charge in [-0.3, -0.25) is 4.79 Å². The minimum atomic E-state index is 0.0645. The first-order valence-corrected chi connectivity index (χ1v) is 6.31. The van der Waals surface area contributed by atoms with Gasteiger partial charge in [0.2, 0.25) is 5.91 Å². The summed E-state index contributed by atoms with van der Waals surface area (Å²) in [5, 5.41) is 2.93. The molecule has 0 unspecified atom stereocenters. The maximum Gasteiger partial charge on any atom is 0.224 e. The molecule has 0 aliphatic rings. The predicted molar refractivity (Wildman–Crippen MR) is 74.2 cm³/mol. The minimum Gasteiger partial charge on any atom is -0.356 e. The molecule has 1 rings (SSSR count). The van der Waals surface area contributed by atoms with E-state index in [-0.39, 0.29) is 5.91 Å². The Hall–Kier alpha value is -1.39. The number of amides is 1. The van der Waals surface area contributed by atoms with Gasteiger partial charge in [0, 0.05) is 13.1 Å². The van der Waals surface area contributed by atoms with Gasteiger partial charge in [0.1, 0.15) is 0 Å². The van der Waals surface area contributed by atoms with E-state index in [1.807, 2.05) is 38.4 Å². The van der Waals surface area contributed by atoms with Crippen molar-refractivity contribution >= 4 is 5.91 Å². The molecule has 0 spiro atoms. The average Bonchev–Trinajstić information content (AvgIpc) is 2.35. The van der Waals surface area contributed by atoms with Crippen LogP contribution in [0.5, 0.6) is 0 Å². The summed E-state index contributed by atoms with van der Waals surface area (Å²) < 4.78 is 0. The fourth-order valence-corrected chi connectivity index (χ4v) is 1.79. The molecule has 0 atom stereocenters. The molecule has 0 heterocycles. The van der Waals surface area contributed by atoms with Crippen molar-refractivity contribution in [3.8, 4) is 0 Å². The Labute approximate surface area is 109 Å². The van der Waals surface area contributed by atoms with Crippen molar-refractivity contribution < 1.29 is 4.79 Å². The third-order valence-corrected chi connectivity index (χ3v) is 2.79. The molecule has 0 fully saturated rings. The van der Waals surface area contributed by atoms with E-state index < -0.39 is 0 Å². The van der Waals surface area contributed by atoms with Crippen molar-refractivity contribution in [2.45, 2.75) is 19.4 Å². The zero-order chi connectivity index (χ0) is 13.4. The summed E-state index contributed by atoms with van der Waals surface area (Å²) in [4.78, 5) is 13.9. The second kappa shape index (κ2) is 7.84. The Balaban J connectivity index is 2.35. The van der Waals surface area contributed by atoms with Gasteiger partial charge in [-0.15, -0.1) is 0 Å². The molecule has 0 radical (unpaired) electrons. The Morgan fingerprint density at radius 1 is 1.28 bits per heavy atom. The first-order chi connectivity index (χ1) is 8.63. The van der Waals surface area contributed by atoms with E-state index in [1.165, 1.54) is 0 Å². The normalized spacial score (nSPS) is 10.7. The van der Waals surface area contributed by atoms with Crippen molar-refractivity contribution in [3.05, 3.63) is 35.4 Å². The van der Waals surface area contributed by atoms with Crippen LogP contribution in [-0.2, 0) is 17.8 Å². The van der Waals surface area contributed by atoms with E-state index >= 15 is 0 Å². The van der Waals surface area contributed by atoms with Gasteiger partial charge in [0.05, 0.1) is 6.42 Å². The molecule has 0 aliphatic heterocycles. The summed E-state index contributed by atoms with van der Waals surface area (Å²) in [7, 11) is 4.05. The van der Waals surface area contributed by atoms with Crippen LogP contribution < -0.4 is 11.1 Å². The summed E-state index contributed by atoms with van der Waals surface area (Å²) in [6.07, 6.45) is 1.38. The monoisotopic (exact) mass is 249 g/mol. The highest BCUT2D eigenvalue weighted by molar-refractivity contribution is 5.78. The molecule has 1 amide bonds. The third kappa shape index (κ3) is 5.29. The molecule has 4 nitrogen and oxygen atoms in total. The van der Waals surface area contributed by atoms with Crippen LogP contribution in [0, 0.1) is 0 Å². The highest BCUT2D eigenvalue weighted by Crippen LogP contribution is 2.08. The molecule has 0 aromatic heterocycles. The standard InChI is InChI=1S/C14H23N3O/c1-17(2)9-5-8-16-14(18)10-12-6-3-4-7-13(12)11-15/h3-4,6-7H,5,8-11,15H2,1-2H3,(H,16,18). The van der Waals surface area contributed by atoms with Crippen molar-refractivity contribution in [1.82, 2.24) is 10.2 Å². The molecule has 0 aliphatic carbocycles. The molecular formula is C14H23N3O. The summed E-state index contributed by atoms with van der Waals surface area (Å²) in [6.45, 7) is 2.19. The van der Waals surface area contributed by atoms with E-state index in [0.717, 1.165) is 30.6 Å². The van der Waals surface area contributed by atoms with Crippen LogP contribution in [0.2, 0.25) is 0 Å². The van der Waals surface area contributed by atoms with Gasteiger partial charge in [-0.05, 0) is 38.2 Å². The fraction of sp³-hybridized carbons (Fsp3) is 0.500. The van der Waals surface area contributed by atoms with Crippen LogP contribution in [0.4, 0.5) is 0 Å². The lowest BCUT2D eigenvalue weighted by atomic mass is 10.0. The molecule has 4 heteroatoms. The van der Waals surface area contributed by atoms with Gasteiger partial charge < -0.3 is 16.0 Å². The maximum atomic E-state index is 11.8. The SMILES string of the molecule is CN(C)CCCNC(=O)Cc1ccccc1CN. The molecule has 0 saturated carbocycles. The number of benzene rings is 1. The first kappa shape index (κ1) is 14.7. The number of nitrogens with two attached hydrogens (primary N) is 1. The van der Waals surface area contributed by atoms with Crippen molar-refractivity contribution in [1.29, 1.82) is 0 Å². The van der Waals surface area contributed by atoms with Crippen molar-refractivity contribution in [2.24, 2.45) is 5.73 Å². The Kier molecular flexibility index (Phi) is 6.39. The number of hydrogen-bond donors (Lipinski definition) is 2. The average molecular weight is 249 g/mol. The molecule has 3 N–H and O–H groups in total. The second-order valence-electron chi connectivity index (χ2n) is 4.66. The lowest BCUT2D eigenvalue weighted by Crippen LogP contribution is -2.28. The highest BCUT2D eigenvalue weighted by Gasteiger charge is 2.06. The highest BCUT2D eigenvalue weighted by atomic mass is 16.1. The summed E-state index contributed by atoms with van der Waals surface area (Å²) >= 11 is 0. The van der Waals surface area contributed by atoms with Crippen molar-refractivity contribution in [2.75, 3.05) is 27.2 Å². The van der Waals surface area contributed by atoms with Gasteiger partial charge in [0.15, 0.2) is 0 Å². The van der Waals surface area contributed by atoms with Crippen LogP contribution in [0.25, 0.3) is 0 Å². The number of nitrogens with one attached hydrogen (secondary N) is 1. The van der Waals surface area contributed by atoms with Crippen molar-refractivity contribution in [3.63, 3.8) is 0 Å². The Morgan fingerprint density at radius 3 is 2.56 bits per heavy atom. The fourth-order valence-electron chi connectivity index (χ4n) is 1.79. The Morgan fingerprint density at radius 2 is 1.94 bits per heavy atom. The van der Waals surface area contributed by atoms with E-state index in [1.54, 1.807) is 0 Å². The van der Waals surface area contributed by atoms with Crippen LogP contribution in [0.1, 0.15) is 17.5 Å². The van der Waals surface area contributed by atoms with Gasteiger partial charge in [-0.2, -0.15) is 0 Å². The molecule has 0 bridgehead atoms. The number of nitrogens with zero attached hydrogens (tertiary/aromatic N) is 1. The molecule has 1 aromatic rings. The van der Waals surface area contributed by atoms with Gasteiger partial charge in [-0.1, -0.05) is 24.3 Å². The van der Waals surface area contributed by atoms with Crippen LogP contribution in [0.3, 0.4) is 0 Å². The van der Waals surface area contributed by atoms with Crippen LogP contribution in [0.15, 0.2) is 24.3 Å². The lowest BCUT2D eigenvalue weighted by molar-refractivity contribution is -0.120. The summed E-state index contributed by atoms with van der Waals surface area (Å²) in [5.74, 6) is 0.0645. The van der Waals surface area contributed by atoms with Crippen LogP contribution in [-0.4, -0.2) is 38.0 Å². The number of hydrogen-bond acceptors (Lipinski definition) is 3. The van der Waals surface area contributed by atoms with E-state index in [4.69, 9.17) is 5.73 Å². The van der Waals surface area contributed by atoms with E-state index in [2.05, 4.69) is 10.2 Å². The van der Waals surface area contributed by atoms with Gasteiger partial charge in [-0.25, -0.2) is 0 Å². The molecular weight excluding hydrogens is 226 g/mol. The number of carbonyl (C=O) groups is 1. The van der Waals surface area contributed by atoms with Gasteiger partial charge in [0.25, 0.3) is 0 Å². The summed E-state index contributed by atoms with van der Waals surface area (Å²) in [5.41, 5.74) is 7.71. The largest absolute Gasteiger partial charge is 0.356 e. The lowest BCUT2D eigenvalue weighted by Gasteiger charge is -2.11. The zero-order valence-electron chi connectivity index (χ0n) is 11.3. The van der Waals surface area contributed by atoms with Crippen LogP contribution >= 0.6 is 0 Å². The van der Waals surface area contributed by atoms with E-state index in [9.17, 15) is 4.79 Å². The molecule has 100 valence electrons. The van der Waals surface area contributed by atoms with E-state index in [0.29, 0.717) is 13.0 Å². The Bertz CT molecular complexity index is 377. The molecule has 0 saturated heterocycles. The topological polar surface area (TPSA) is 58.4 Å². The second-order valence-corrected chi connectivity index (χ2v) is 4.66. The van der Waals surface area contributed by atoms with Gasteiger partial charge >= 0.3 is 0 Å². The quantitative estimate of drug-likeness (QED) is 0.701. The molecule has 18 heavy (non-hydrogen) atoms. The number of carbonyl (C=O) groups excluding carboxylic acids is 1. The first-order valence-electron chi connectivity index (χ1n) is 6.31. The smallest absolute Gasteiger partial charge is 0.224 e.